The summed E-state index contributed by atoms with van der Waals surface area (Å²) in [6.07, 6.45) is 3.69. The number of nitrogens with two attached hydrogens (primary N) is 1. The van der Waals surface area contributed by atoms with Crippen LogP contribution in [0.3, 0.4) is 0 Å². The number of anilines is 2. The van der Waals surface area contributed by atoms with Gasteiger partial charge in [-0.25, -0.2) is 9.97 Å². The molecule has 1 aromatic carbocycles. The first kappa shape index (κ1) is 29.0. The molecule has 3 aromatic heterocycles. The minimum absolute atomic E-state index is 0.0865. The molecule has 40 heavy (non-hydrogen) atoms. The number of benzene rings is 1. The van der Waals surface area contributed by atoms with Crippen LogP contribution in [0.1, 0.15) is 26.5 Å². The van der Waals surface area contributed by atoms with E-state index in [1.165, 1.54) is 0 Å². The fourth-order valence-electron chi connectivity index (χ4n) is 3.83. The number of aromatic nitrogens is 4. The molecule has 0 aliphatic carbocycles. The zero-order valence-electron chi connectivity index (χ0n) is 22.9. The lowest BCUT2D eigenvalue weighted by Gasteiger charge is -2.26. The summed E-state index contributed by atoms with van der Waals surface area (Å²) in [6, 6.07) is 12.0. The number of nitrogens with zero attached hydrogens (tertiary/aromatic N) is 4. The summed E-state index contributed by atoms with van der Waals surface area (Å²) in [4.78, 5) is 23.2. The van der Waals surface area contributed by atoms with E-state index < -0.39 is 0 Å². The van der Waals surface area contributed by atoms with Crippen molar-refractivity contribution in [1.82, 2.24) is 25.0 Å². The molecule has 1 saturated heterocycles. The number of hydrogen-bond donors (Lipinski definition) is 3. The van der Waals surface area contributed by atoms with E-state index in [2.05, 4.69) is 74.3 Å². The number of hydrogen-bond acceptors (Lipinski definition) is 10. The van der Waals surface area contributed by atoms with E-state index >= 15 is 0 Å². The number of morpholine rings is 1. The highest BCUT2D eigenvalue weighted by atomic mass is 32.1. The van der Waals surface area contributed by atoms with E-state index in [0.29, 0.717) is 18.3 Å². The summed E-state index contributed by atoms with van der Waals surface area (Å²) in [5.74, 6) is 2.14. The van der Waals surface area contributed by atoms with Crippen molar-refractivity contribution in [2.45, 2.75) is 26.2 Å². The van der Waals surface area contributed by atoms with E-state index in [0.717, 1.165) is 65.8 Å². The molecule has 4 N–H and O–H groups in total. The number of H-pyrrole nitrogens is 1. The van der Waals surface area contributed by atoms with Crippen LogP contribution >= 0.6 is 11.3 Å². The molecule has 12 heteroatoms. The minimum atomic E-state index is -0.0865. The van der Waals surface area contributed by atoms with Gasteiger partial charge >= 0.3 is 0 Å². The Bertz CT molecular complexity index is 1420. The number of nitrogens with one attached hydrogen (secondary N) is 2. The smallest absolute Gasteiger partial charge is 0.214 e. The standard InChI is InChI=1S/C27H32N6O3S.CH3NO/c1-27(2,3)24-15-25(32-36-24)31-20-6-4-19(5-7-20)22-17-37-23-14-26(28-16-21(23)29-18-30-22)35-13-10-33-8-11-34-12-9-33;2-1-3/h4-7,14-18H,8-13H2,1-3H3,(H,29,30)(H,31,32);1H,(H2,2,3). The van der Waals surface area contributed by atoms with Crippen molar-refractivity contribution in [3.63, 3.8) is 0 Å². The first-order valence-electron chi connectivity index (χ1n) is 12.9. The van der Waals surface area contributed by atoms with Gasteiger partial charge in [-0.05, 0) is 17.7 Å². The van der Waals surface area contributed by atoms with Gasteiger partial charge in [-0.1, -0.05) is 38.1 Å². The molecule has 0 unspecified atom stereocenters. The number of rotatable bonds is 7. The van der Waals surface area contributed by atoms with Crippen LogP contribution in [0.25, 0.3) is 21.5 Å². The molecule has 1 fully saturated rings. The summed E-state index contributed by atoms with van der Waals surface area (Å²) < 4.78 is 17.8. The predicted molar refractivity (Wildman–Crippen MR) is 156 cm³/mol. The van der Waals surface area contributed by atoms with Crippen molar-refractivity contribution in [1.29, 1.82) is 0 Å². The maximum atomic E-state index is 8.58. The van der Waals surface area contributed by atoms with E-state index in [1.807, 2.05) is 24.3 Å². The van der Waals surface area contributed by atoms with Gasteiger partial charge in [-0.3, -0.25) is 9.69 Å². The summed E-state index contributed by atoms with van der Waals surface area (Å²) in [6.45, 7) is 11.2. The third-order valence-corrected chi connectivity index (χ3v) is 6.96. The molecule has 0 spiro atoms. The number of fused-ring (bicyclic) bond motifs is 1. The molecule has 4 heterocycles. The zero-order valence-corrected chi connectivity index (χ0v) is 23.7. The lowest BCUT2D eigenvalue weighted by Crippen LogP contribution is -2.38. The number of amides is 1. The highest BCUT2D eigenvalue weighted by Crippen LogP contribution is 2.27. The van der Waals surface area contributed by atoms with Crippen molar-refractivity contribution in [2.75, 3.05) is 44.8 Å². The molecule has 11 nitrogen and oxygen atoms in total. The number of aromatic amines is 1. The second-order valence-electron chi connectivity index (χ2n) is 10.0. The number of primary amides is 1. The first-order chi connectivity index (χ1) is 19.4. The Kier molecular flexibility index (Phi) is 10.1. The third kappa shape index (κ3) is 8.25. The van der Waals surface area contributed by atoms with Crippen LogP contribution in [-0.2, 0) is 14.9 Å². The summed E-state index contributed by atoms with van der Waals surface area (Å²) >= 11 is 1.59. The SMILES string of the molecule is CC(C)(C)c1cc(Nc2ccc(-c3csc4cc(OCCN5CCOCC5)ncc4nc[nH]3)cc2)no1.NC=O. The number of ether oxygens (including phenoxy) is 2. The second-order valence-corrected chi connectivity index (χ2v) is 10.9. The number of pyridine rings is 1. The molecule has 1 aliphatic heterocycles. The lowest BCUT2D eigenvalue weighted by atomic mass is 9.93. The second kappa shape index (κ2) is 13.9. The molecule has 0 bridgehead atoms. The average molecular weight is 566 g/mol. The van der Waals surface area contributed by atoms with Gasteiger partial charge in [0.2, 0.25) is 12.3 Å². The molecule has 4 aromatic rings. The van der Waals surface area contributed by atoms with Crippen molar-refractivity contribution in [3.05, 3.63) is 60.1 Å². The van der Waals surface area contributed by atoms with Gasteiger partial charge in [-0.15, -0.1) is 11.3 Å². The molecule has 0 saturated carbocycles. The Morgan fingerprint density at radius 3 is 2.62 bits per heavy atom. The van der Waals surface area contributed by atoms with Crippen LogP contribution in [0.2, 0.25) is 0 Å². The highest BCUT2D eigenvalue weighted by molar-refractivity contribution is 7.16. The maximum Gasteiger partial charge on any atom is 0.214 e. The molecule has 0 atom stereocenters. The largest absolute Gasteiger partial charge is 0.476 e. The fraction of sp³-hybridized carbons (Fsp3) is 0.357. The van der Waals surface area contributed by atoms with E-state index in [1.54, 1.807) is 23.9 Å². The quantitative estimate of drug-likeness (QED) is 0.273. The Labute approximate surface area is 237 Å². The van der Waals surface area contributed by atoms with Crippen LogP contribution in [0.4, 0.5) is 11.5 Å². The van der Waals surface area contributed by atoms with E-state index in [-0.39, 0.29) is 11.8 Å². The van der Waals surface area contributed by atoms with E-state index in [4.69, 9.17) is 18.8 Å². The van der Waals surface area contributed by atoms with Crippen LogP contribution in [-0.4, -0.2) is 70.9 Å². The van der Waals surface area contributed by atoms with E-state index in [9.17, 15) is 0 Å². The molecular formula is C28H35N7O4S. The van der Waals surface area contributed by atoms with Gasteiger partial charge in [0.1, 0.15) is 17.9 Å². The van der Waals surface area contributed by atoms with Crippen LogP contribution < -0.4 is 15.8 Å². The van der Waals surface area contributed by atoms with Gasteiger partial charge in [0.15, 0.2) is 5.82 Å². The van der Waals surface area contributed by atoms with Crippen molar-refractivity contribution in [2.24, 2.45) is 5.73 Å². The van der Waals surface area contributed by atoms with Crippen molar-refractivity contribution in [3.8, 4) is 17.1 Å². The summed E-state index contributed by atoms with van der Waals surface area (Å²) in [7, 11) is 0. The molecule has 1 amide bonds. The lowest BCUT2D eigenvalue weighted by molar-refractivity contribution is -0.106. The third-order valence-electron chi connectivity index (χ3n) is 6.03. The number of carbonyl (C=O) groups is 1. The molecule has 0 radical (unpaired) electrons. The summed E-state index contributed by atoms with van der Waals surface area (Å²) in [5.41, 5.74) is 7.81. The Hall–Kier alpha value is -4.00. The average Bonchev–Trinajstić information content (AvgIpc) is 3.41. The summed E-state index contributed by atoms with van der Waals surface area (Å²) in [5, 5.41) is 9.51. The van der Waals surface area contributed by atoms with Crippen LogP contribution in [0.15, 0.2) is 58.8 Å². The highest BCUT2D eigenvalue weighted by Gasteiger charge is 2.19. The normalized spacial score (nSPS) is 13.7. The predicted octanol–water partition coefficient (Wildman–Crippen LogP) is 4.65. The molecule has 212 valence electrons. The zero-order chi connectivity index (χ0) is 28.4. The monoisotopic (exact) mass is 565 g/mol. The molecule has 1 aliphatic rings. The Morgan fingerprint density at radius 2 is 1.93 bits per heavy atom. The van der Waals surface area contributed by atoms with Crippen molar-refractivity contribution < 1.29 is 18.8 Å². The molecule has 5 rings (SSSR count). The van der Waals surface area contributed by atoms with Gasteiger partial charge in [-0.2, -0.15) is 0 Å². The maximum absolute atomic E-state index is 8.58. The topological polar surface area (TPSA) is 144 Å². The molecular weight excluding hydrogens is 530 g/mol. The van der Waals surface area contributed by atoms with Gasteiger partial charge in [0, 0.05) is 48.2 Å². The van der Waals surface area contributed by atoms with Gasteiger partial charge in [0.25, 0.3) is 0 Å². The Balaban J connectivity index is 0.00000118. The van der Waals surface area contributed by atoms with Gasteiger partial charge < -0.3 is 30.0 Å². The van der Waals surface area contributed by atoms with Crippen LogP contribution in [0.5, 0.6) is 5.88 Å². The van der Waals surface area contributed by atoms with Crippen LogP contribution in [0, 0.1) is 0 Å². The Morgan fingerprint density at radius 1 is 1.18 bits per heavy atom. The van der Waals surface area contributed by atoms with Crippen molar-refractivity contribution >= 4 is 39.5 Å². The fourth-order valence-corrected chi connectivity index (χ4v) is 4.68. The van der Waals surface area contributed by atoms with Gasteiger partial charge in [0.05, 0.1) is 36.1 Å². The first-order valence-corrected chi connectivity index (χ1v) is 13.8. The number of carbonyl (C=O) groups excluding carboxylic acids is 1. The minimum Gasteiger partial charge on any atom is -0.476 e.